The summed E-state index contributed by atoms with van der Waals surface area (Å²) in [5.74, 6) is 0.0936. The van der Waals surface area contributed by atoms with E-state index >= 15 is 0 Å². The number of benzene rings is 1. The molecule has 0 saturated carbocycles. The number of nitrogens with two attached hydrogens (primary N) is 1. The second-order valence-electron chi connectivity index (χ2n) is 3.73. The number of nitriles is 1. The summed E-state index contributed by atoms with van der Waals surface area (Å²) in [6, 6.07) is 4.95. The first-order valence-corrected chi connectivity index (χ1v) is 6.42. The number of hydrogen-bond acceptors (Lipinski definition) is 4. The standard InChI is InChI=1S/C14H15ClN2O3/c1-3-19-12-7-9(5-10(8-16)14(17)18)6-11(15)13(12)20-4-2/h5-7H,3-4H2,1-2H3,(H2,17,18)/b10-5-. The van der Waals surface area contributed by atoms with Gasteiger partial charge in [-0.25, -0.2) is 0 Å². The second-order valence-corrected chi connectivity index (χ2v) is 4.14. The molecule has 0 unspecified atom stereocenters. The van der Waals surface area contributed by atoms with Gasteiger partial charge in [-0.05, 0) is 37.6 Å². The van der Waals surface area contributed by atoms with Crippen molar-refractivity contribution < 1.29 is 14.3 Å². The third kappa shape index (κ3) is 3.90. The summed E-state index contributed by atoms with van der Waals surface area (Å²) in [5.41, 5.74) is 5.47. The molecule has 20 heavy (non-hydrogen) atoms. The molecule has 0 saturated heterocycles. The van der Waals surface area contributed by atoms with E-state index in [1.54, 1.807) is 18.2 Å². The molecule has 1 aromatic carbocycles. The minimum atomic E-state index is -0.796. The Hall–Kier alpha value is -2.19. The first kappa shape index (κ1) is 15.9. The lowest BCUT2D eigenvalue weighted by Crippen LogP contribution is -2.12. The minimum absolute atomic E-state index is 0.160. The Morgan fingerprint density at radius 3 is 2.55 bits per heavy atom. The first-order valence-electron chi connectivity index (χ1n) is 6.04. The molecule has 0 bridgehead atoms. The summed E-state index contributed by atoms with van der Waals surface area (Å²) >= 11 is 6.12. The molecule has 106 valence electrons. The van der Waals surface area contributed by atoms with Crippen LogP contribution in [0.3, 0.4) is 0 Å². The Morgan fingerprint density at radius 2 is 2.05 bits per heavy atom. The fraction of sp³-hybridized carbons (Fsp3) is 0.286. The maximum Gasteiger partial charge on any atom is 0.259 e. The topological polar surface area (TPSA) is 85.3 Å². The van der Waals surface area contributed by atoms with Gasteiger partial charge >= 0.3 is 0 Å². The number of amides is 1. The molecule has 1 aromatic rings. The van der Waals surface area contributed by atoms with Crippen LogP contribution < -0.4 is 15.2 Å². The van der Waals surface area contributed by atoms with Crippen molar-refractivity contribution in [3.05, 3.63) is 28.3 Å². The van der Waals surface area contributed by atoms with Gasteiger partial charge in [-0.15, -0.1) is 0 Å². The van der Waals surface area contributed by atoms with Gasteiger partial charge < -0.3 is 15.2 Å². The van der Waals surface area contributed by atoms with Crippen molar-refractivity contribution in [1.82, 2.24) is 0 Å². The quantitative estimate of drug-likeness (QED) is 0.645. The normalized spacial score (nSPS) is 10.8. The molecule has 0 atom stereocenters. The Balaban J connectivity index is 3.31. The fourth-order valence-electron chi connectivity index (χ4n) is 1.54. The molecule has 0 heterocycles. The molecule has 0 aromatic heterocycles. The van der Waals surface area contributed by atoms with Gasteiger partial charge in [0.1, 0.15) is 11.6 Å². The van der Waals surface area contributed by atoms with Crippen LogP contribution in [0.15, 0.2) is 17.7 Å². The van der Waals surface area contributed by atoms with Crippen LogP contribution in [0.5, 0.6) is 11.5 Å². The number of carbonyl (C=O) groups excluding carboxylic acids is 1. The Morgan fingerprint density at radius 1 is 1.40 bits per heavy atom. The molecule has 1 amide bonds. The SMILES string of the molecule is CCOc1cc(/C=C(/C#N)C(N)=O)cc(Cl)c1OCC. The largest absolute Gasteiger partial charge is 0.490 e. The summed E-state index contributed by atoms with van der Waals surface area (Å²) in [6.45, 7) is 4.54. The van der Waals surface area contributed by atoms with E-state index in [1.807, 2.05) is 13.8 Å². The molecule has 2 N–H and O–H groups in total. The van der Waals surface area contributed by atoms with Gasteiger partial charge in [-0.1, -0.05) is 11.6 Å². The summed E-state index contributed by atoms with van der Waals surface area (Å²) in [5, 5.41) is 9.17. The number of halogens is 1. The highest BCUT2D eigenvalue weighted by Crippen LogP contribution is 2.37. The molecule has 6 heteroatoms. The van der Waals surface area contributed by atoms with Crippen molar-refractivity contribution in [2.75, 3.05) is 13.2 Å². The van der Waals surface area contributed by atoms with Crippen LogP contribution in [0.4, 0.5) is 0 Å². The van der Waals surface area contributed by atoms with Crippen molar-refractivity contribution in [3.8, 4) is 17.6 Å². The summed E-state index contributed by atoms with van der Waals surface area (Å²) in [4.78, 5) is 11.0. The highest BCUT2D eigenvalue weighted by molar-refractivity contribution is 6.32. The summed E-state index contributed by atoms with van der Waals surface area (Å²) in [6.07, 6.45) is 1.35. The maximum absolute atomic E-state index is 11.0. The smallest absolute Gasteiger partial charge is 0.259 e. The zero-order valence-electron chi connectivity index (χ0n) is 11.3. The predicted molar refractivity (Wildman–Crippen MR) is 76.6 cm³/mol. The Kier molecular flexibility index (Phi) is 5.88. The van der Waals surface area contributed by atoms with Crippen LogP contribution in [0.1, 0.15) is 19.4 Å². The molecule has 0 spiro atoms. The van der Waals surface area contributed by atoms with Gasteiger partial charge in [-0.3, -0.25) is 4.79 Å². The van der Waals surface area contributed by atoms with Crippen LogP contribution in [-0.2, 0) is 4.79 Å². The number of ether oxygens (including phenoxy) is 2. The first-order chi connectivity index (χ1) is 9.53. The average Bonchev–Trinajstić information content (AvgIpc) is 2.40. The van der Waals surface area contributed by atoms with E-state index in [2.05, 4.69) is 0 Å². The van der Waals surface area contributed by atoms with Crippen LogP contribution in [0.2, 0.25) is 5.02 Å². The van der Waals surface area contributed by atoms with Crippen molar-refractivity contribution in [3.63, 3.8) is 0 Å². The molecule has 1 rings (SSSR count). The van der Waals surface area contributed by atoms with Crippen molar-refractivity contribution in [2.24, 2.45) is 5.73 Å². The minimum Gasteiger partial charge on any atom is -0.490 e. The summed E-state index contributed by atoms with van der Waals surface area (Å²) < 4.78 is 10.9. The third-order valence-corrected chi connectivity index (χ3v) is 2.60. The van der Waals surface area contributed by atoms with E-state index < -0.39 is 5.91 Å². The van der Waals surface area contributed by atoms with E-state index in [9.17, 15) is 4.79 Å². The van der Waals surface area contributed by atoms with E-state index in [-0.39, 0.29) is 5.57 Å². The van der Waals surface area contributed by atoms with E-state index in [0.29, 0.717) is 35.3 Å². The van der Waals surface area contributed by atoms with Crippen molar-refractivity contribution in [1.29, 1.82) is 5.26 Å². The van der Waals surface area contributed by atoms with Gasteiger partial charge in [0, 0.05) is 0 Å². The van der Waals surface area contributed by atoms with Crippen LogP contribution in [-0.4, -0.2) is 19.1 Å². The molecule has 0 fully saturated rings. The van der Waals surface area contributed by atoms with Gasteiger partial charge in [0.2, 0.25) is 0 Å². The number of rotatable bonds is 6. The molecular formula is C14H15ClN2O3. The van der Waals surface area contributed by atoms with Crippen LogP contribution >= 0.6 is 11.6 Å². The average molecular weight is 295 g/mol. The van der Waals surface area contributed by atoms with Crippen molar-refractivity contribution in [2.45, 2.75) is 13.8 Å². The van der Waals surface area contributed by atoms with Gasteiger partial charge in [0.25, 0.3) is 5.91 Å². The number of primary amides is 1. The zero-order valence-corrected chi connectivity index (χ0v) is 12.0. The second kappa shape index (κ2) is 7.41. The lowest BCUT2D eigenvalue weighted by Gasteiger charge is -2.13. The van der Waals surface area contributed by atoms with Crippen LogP contribution in [0, 0.1) is 11.3 Å². The molecule has 5 nitrogen and oxygen atoms in total. The lowest BCUT2D eigenvalue weighted by molar-refractivity contribution is -0.114. The monoisotopic (exact) mass is 294 g/mol. The van der Waals surface area contributed by atoms with Gasteiger partial charge in [0.05, 0.1) is 18.2 Å². The lowest BCUT2D eigenvalue weighted by atomic mass is 10.1. The number of nitrogens with zero attached hydrogens (tertiary/aromatic N) is 1. The molecular weight excluding hydrogens is 280 g/mol. The number of carbonyl (C=O) groups is 1. The molecule has 0 aliphatic carbocycles. The maximum atomic E-state index is 11.0. The molecule has 0 radical (unpaired) electrons. The molecule has 0 aliphatic rings. The van der Waals surface area contributed by atoms with Gasteiger partial charge in [0.15, 0.2) is 11.5 Å². The van der Waals surface area contributed by atoms with Gasteiger partial charge in [-0.2, -0.15) is 5.26 Å². The van der Waals surface area contributed by atoms with E-state index in [0.717, 1.165) is 0 Å². The van der Waals surface area contributed by atoms with E-state index in [1.165, 1.54) is 6.08 Å². The fourth-order valence-corrected chi connectivity index (χ4v) is 1.82. The van der Waals surface area contributed by atoms with Crippen molar-refractivity contribution >= 4 is 23.6 Å². The summed E-state index contributed by atoms with van der Waals surface area (Å²) in [7, 11) is 0. The highest BCUT2D eigenvalue weighted by Gasteiger charge is 2.12. The highest BCUT2D eigenvalue weighted by atomic mass is 35.5. The third-order valence-electron chi connectivity index (χ3n) is 2.32. The van der Waals surface area contributed by atoms with E-state index in [4.69, 9.17) is 32.1 Å². The molecule has 0 aliphatic heterocycles. The zero-order chi connectivity index (χ0) is 15.1. The Labute approximate surface area is 122 Å². The predicted octanol–water partition coefficient (Wildman–Crippen LogP) is 2.53. The Bertz CT molecular complexity index is 577. The van der Waals surface area contributed by atoms with Crippen LogP contribution in [0.25, 0.3) is 6.08 Å². The number of hydrogen-bond donors (Lipinski definition) is 1.